The maximum Gasteiger partial charge on any atom is 0.261 e. The first kappa shape index (κ1) is 12.3. The first-order chi connectivity index (χ1) is 8.04. The van der Waals surface area contributed by atoms with Gasteiger partial charge in [-0.2, -0.15) is 0 Å². The second kappa shape index (κ2) is 4.62. The molecule has 4 nitrogen and oxygen atoms in total. The summed E-state index contributed by atoms with van der Waals surface area (Å²) in [4.78, 5) is 24.1. The van der Waals surface area contributed by atoms with Crippen LogP contribution in [0, 0.1) is 0 Å². The summed E-state index contributed by atoms with van der Waals surface area (Å²) in [7, 11) is 1.69. The number of carbonyl (C=O) groups excluding carboxylic acids is 1. The summed E-state index contributed by atoms with van der Waals surface area (Å²) in [5, 5.41) is 3.30. The maximum absolute atomic E-state index is 11.9. The fraction of sp³-hybridized carbons (Fsp3) is 0.273. The Morgan fingerprint density at radius 3 is 2.94 bits per heavy atom. The lowest BCUT2D eigenvalue weighted by Crippen LogP contribution is -2.21. The first-order valence-electron chi connectivity index (χ1n) is 5.11. The van der Waals surface area contributed by atoms with Crippen molar-refractivity contribution in [2.24, 2.45) is 7.05 Å². The third-order valence-corrected chi connectivity index (χ3v) is 4.40. The summed E-state index contributed by atoms with van der Waals surface area (Å²) in [5.41, 5.74) is -0.0880. The minimum Gasteiger partial charge on any atom is -0.352 e. The molecule has 0 aliphatic carbocycles. The lowest BCUT2D eigenvalue weighted by atomic mass is 10.3. The van der Waals surface area contributed by atoms with Crippen LogP contribution in [0.5, 0.6) is 0 Å². The van der Waals surface area contributed by atoms with Gasteiger partial charge in [-0.3, -0.25) is 9.59 Å². The van der Waals surface area contributed by atoms with Gasteiger partial charge in [0, 0.05) is 19.8 Å². The molecule has 0 unspecified atom stereocenters. The van der Waals surface area contributed by atoms with Crippen molar-refractivity contribution in [3.63, 3.8) is 0 Å². The molecule has 2 rings (SSSR count). The SMILES string of the molecule is CCNC(=O)c1cc2c(=O)n(C)cc(Br)c2s1. The van der Waals surface area contributed by atoms with Crippen molar-refractivity contribution in [2.45, 2.75) is 6.92 Å². The van der Waals surface area contributed by atoms with Crippen LogP contribution in [0.3, 0.4) is 0 Å². The topological polar surface area (TPSA) is 51.1 Å². The standard InChI is InChI=1S/C11H11BrN2O2S/c1-3-13-10(15)8-4-6-9(17-8)7(12)5-14(2)11(6)16/h4-5H,3H2,1-2H3,(H,13,15). The number of hydrogen-bond acceptors (Lipinski definition) is 3. The molecule has 0 aliphatic rings. The predicted molar refractivity (Wildman–Crippen MR) is 72.8 cm³/mol. The lowest BCUT2D eigenvalue weighted by Gasteiger charge is -1.98. The molecular formula is C11H11BrN2O2S. The van der Waals surface area contributed by atoms with Crippen molar-refractivity contribution in [3.8, 4) is 0 Å². The minimum absolute atomic E-state index is 0.0880. The summed E-state index contributed by atoms with van der Waals surface area (Å²) in [6.45, 7) is 2.44. The van der Waals surface area contributed by atoms with E-state index < -0.39 is 0 Å². The molecule has 0 saturated carbocycles. The summed E-state index contributed by atoms with van der Waals surface area (Å²) < 4.78 is 3.14. The van der Waals surface area contributed by atoms with E-state index in [0.717, 1.165) is 9.17 Å². The average molecular weight is 315 g/mol. The van der Waals surface area contributed by atoms with Crippen molar-refractivity contribution >= 4 is 43.3 Å². The number of rotatable bonds is 2. The number of nitrogens with one attached hydrogen (secondary N) is 1. The number of hydrogen-bond donors (Lipinski definition) is 1. The van der Waals surface area contributed by atoms with E-state index in [0.29, 0.717) is 16.8 Å². The van der Waals surface area contributed by atoms with Crippen LogP contribution in [0.25, 0.3) is 10.1 Å². The molecule has 0 saturated heterocycles. The van der Waals surface area contributed by atoms with Gasteiger partial charge in [0.25, 0.3) is 11.5 Å². The Hall–Kier alpha value is -1.14. The van der Waals surface area contributed by atoms with Crippen LogP contribution in [-0.2, 0) is 7.05 Å². The molecule has 0 radical (unpaired) electrons. The Bertz CT molecular complexity index is 645. The average Bonchev–Trinajstić information content (AvgIpc) is 2.72. The van der Waals surface area contributed by atoms with E-state index in [4.69, 9.17) is 0 Å². The molecule has 17 heavy (non-hydrogen) atoms. The van der Waals surface area contributed by atoms with Crippen LogP contribution in [-0.4, -0.2) is 17.0 Å². The van der Waals surface area contributed by atoms with Crippen LogP contribution in [0.4, 0.5) is 0 Å². The van der Waals surface area contributed by atoms with Crippen molar-refractivity contribution in [2.75, 3.05) is 6.54 Å². The molecule has 6 heteroatoms. The van der Waals surface area contributed by atoms with Gasteiger partial charge >= 0.3 is 0 Å². The minimum atomic E-state index is -0.136. The molecule has 90 valence electrons. The van der Waals surface area contributed by atoms with E-state index in [1.165, 1.54) is 15.9 Å². The molecule has 0 aromatic carbocycles. The van der Waals surface area contributed by atoms with E-state index in [1.807, 2.05) is 6.92 Å². The molecule has 0 fully saturated rings. The number of pyridine rings is 1. The summed E-state index contributed by atoms with van der Waals surface area (Å²) in [5.74, 6) is -0.136. The van der Waals surface area contributed by atoms with E-state index in [9.17, 15) is 9.59 Å². The zero-order valence-corrected chi connectivity index (χ0v) is 11.8. The van der Waals surface area contributed by atoms with Gasteiger partial charge in [-0.25, -0.2) is 0 Å². The normalized spacial score (nSPS) is 10.8. The fourth-order valence-electron chi connectivity index (χ4n) is 1.56. The zero-order valence-electron chi connectivity index (χ0n) is 9.41. The Labute approximate surface area is 110 Å². The highest BCUT2D eigenvalue weighted by Gasteiger charge is 2.14. The number of fused-ring (bicyclic) bond motifs is 1. The highest BCUT2D eigenvalue weighted by molar-refractivity contribution is 9.10. The number of aryl methyl sites for hydroxylation is 1. The molecule has 1 amide bonds. The highest BCUT2D eigenvalue weighted by Crippen LogP contribution is 2.29. The van der Waals surface area contributed by atoms with Gasteiger partial charge in [-0.15, -0.1) is 11.3 Å². The van der Waals surface area contributed by atoms with E-state index >= 15 is 0 Å². The third kappa shape index (κ3) is 2.14. The quantitative estimate of drug-likeness (QED) is 0.923. The second-order valence-electron chi connectivity index (χ2n) is 3.61. The number of amides is 1. The van der Waals surface area contributed by atoms with Crippen molar-refractivity contribution in [1.82, 2.24) is 9.88 Å². The van der Waals surface area contributed by atoms with Crippen molar-refractivity contribution < 1.29 is 4.79 Å². The number of thiophene rings is 1. The molecule has 2 aromatic rings. The number of carbonyl (C=O) groups is 1. The first-order valence-corrected chi connectivity index (χ1v) is 6.72. The Morgan fingerprint density at radius 2 is 2.29 bits per heavy atom. The predicted octanol–water partition coefficient (Wildman–Crippen LogP) is 2.11. The van der Waals surface area contributed by atoms with Gasteiger partial charge in [0.15, 0.2) is 0 Å². The second-order valence-corrected chi connectivity index (χ2v) is 5.51. The van der Waals surface area contributed by atoms with Gasteiger partial charge in [0.2, 0.25) is 0 Å². The molecule has 0 atom stereocenters. The van der Waals surface area contributed by atoms with Crippen molar-refractivity contribution in [1.29, 1.82) is 0 Å². The number of nitrogens with zero attached hydrogens (tertiary/aromatic N) is 1. The van der Waals surface area contributed by atoms with Crippen LogP contribution in [0.15, 0.2) is 21.5 Å². The van der Waals surface area contributed by atoms with Crippen LogP contribution in [0.1, 0.15) is 16.6 Å². The Morgan fingerprint density at radius 1 is 1.59 bits per heavy atom. The molecule has 0 spiro atoms. The molecule has 0 aliphatic heterocycles. The Balaban J connectivity index is 2.65. The molecule has 0 bridgehead atoms. The van der Waals surface area contributed by atoms with E-state index in [2.05, 4.69) is 21.2 Å². The van der Waals surface area contributed by atoms with E-state index in [1.54, 1.807) is 19.3 Å². The maximum atomic E-state index is 11.9. The number of aromatic nitrogens is 1. The van der Waals surface area contributed by atoms with E-state index in [-0.39, 0.29) is 11.5 Å². The van der Waals surface area contributed by atoms with Gasteiger partial charge in [0.1, 0.15) is 0 Å². The van der Waals surface area contributed by atoms with Gasteiger partial charge in [0.05, 0.1) is 19.4 Å². The summed E-state index contributed by atoms with van der Waals surface area (Å²) >= 11 is 4.72. The van der Waals surface area contributed by atoms with Gasteiger partial charge < -0.3 is 9.88 Å². The molecular weight excluding hydrogens is 304 g/mol. The van der Waals surface area contributed by atoms with Crippen molar-refractivity contribution in [3.05, 3.63) is 32.0 Å². The fourth-order valence-corrected chi connectivity index (χ4v) is 3.30. The monoisotopic (exact) mass is 314 g/mol. The molecule has 2 heterocycles. The van der Waals surface area contributed by atoms with Crippen LogP contribution in [0.2, 0.25) is 0 Å². The highest BCUT2D eigenvalue weighted by atomic mass is 79.9. The zero-order chi connectivity index (χ0) is 12.6. The smallest absolute Gasteiger partial charge is 0.261 e. The van der Waals surface area contributed by atoms with Crippen LogP contribution >= 0.6 is 27.3 Å². The largest absolute Gasteiger partial charge is 0.352 e. The number of halogens is 1. The van der Waals surface area contributed by atoms with Gasteiger partial charge in [-0.1, -0.05) is 0 Å². The van der Waals surface area contributed by atoms with Gasteiger partial charge in [-0.05, 0) is 28.9 Å². The molecule has 1 N–H and O–H groups in total. The lowest BCUT2D eigenvalue weighted by molar-refractivity contribution is 0.0960. The summed E-state index contributed by atoms with van der Waals surface area (Å²) in [6, 6.07) is 1.65. The van der Waals surface area contributed by atoms with Crippen LogP contribution < -0.4 is 10.9 Å². The third-order valence-electron chi connectivity index (χ3n) is 2.37. The molecule has 2 aromatic heterocycles. The summed E-state index contributed by atoms with van der Waals surface area (Å²) in [6.07, 6.45) is 1.71. The Kier molecular flexibility index (Phi) is 3.35.